The van der Waals surface area contributed by atoms with Crippen LogP contribution in [0.1, 0.15) is 38.2 Å². The van der Waals surface area contributed by atoms with Gasteiger partial charge < -0.3 is 0 Å². The lowest BCUT2D eigenvalue weighted by atomic mass is 9.81. The van der Waals surface area contributed by atoms with Crippen LogP contribution in [-0.2, 0) is 20.6 Å². The topological polar surface area (TPSA) is 55.4 Å². The van der Waals surface area contributed by atoms with Crippen LogP contribution >= 0.6 is 11.8 Å². The molecule has 0 unspecified atom stereocenters. The van der Waals surface area contributed by atoms with Gasteiger partial charge in [-0.1, -0.05) is 12.8 Å². The minimum Gasteiger partial charge on any atom is -0.294 e. The number of rotatable bonds is 8. The molecular formula is C21H21F4NO3S. The number of alkyl halides is 3. The average Bonchev–Trinajstić information content (AvgIpc) is 2.66. The lowest BCUT2D eigenvalue weighted by molar-refractivity contribution is -0.140. The number of carbonyl (C=O) groups is 2. The number of allylic oxidation sites excluding steroid dienone is 2. The average molecular weight is 443 g/mol. The van der Waals surface area contributed by atoms with Crippen molar-refractivity contribution in [1.29, 1.82) is 0 Å². The highest BCUT2D eigenvalue weighted by Crippen LogP contribution is 2.35. The number of hydroxylamine groups is 1. The van der Waals surface area contributed by atoms with Crippen LogP contribution in [0.25, 0.3) is 0 Å². The Balaban J connectivity index is 1.96. The predicted octanol–water partition coefficient (Wildman–Crippen LogP) is 4.69. The lowest BCUT2D eigenvalue weighted by Gasteiger charge is -2.24. The molecule has 0 amide bonds. The van der Waals surface area contributed by atoms with Crippen LogP contribution in [0.5, 0.6) is 0 Å². The van der Waals surface area contributed by atoms with Gasteiger partial charge in [0, 0.05) is 17.7 Å². The van der Waals surface area contributed by atoms with Crippen LogP contribution < -0.4 is 5.48 Å². The van der Waals surface area contributed by atoms with Gasteiger partial charge in [0.25, 0.3) is 0 Å². The molecule has 1 aliphatic carbocycles. The molecule has 1 aromatic rings. The Morgan fingerprint density at radius 2 is 1.97 bits per heavy atom. The molecule has 0 atom stereocenters. The molecule has 1 saturated carbocycles. The highest BCUT2D eigenvalue weighted by molar-refractivity contribution is 7.99. The van der Waals surface area contributed by atoms with Crippen molar-refractivity contribution in [3.05, 3.63) is 40.8 Å². The molecule has 0 aromatic heterocycles. The van der Waals surface area contributed by atoms with Gasteiger partial charge in [0.1, 0.15) is 12.4 Å². The molecule has 0 radical (unpaired) electrons. The van der Waals surface area contributed by atoms with Crippen molar-refractivity contribution >= 4 is 23.3 Å². The fraction of sp³-hybridized carbons (Fsp3) is 0.429. The minimum absolute atomic E-state index is 0.0154. The number of terminal acetylenes is 1. The van der Waals surface area contributed by atoms with E-state index in [9.17, 15) is 27.2 Å². The van der Waals surface area contributed by atoms with Gasteiger partial charge in [0.2, 0.25) is 0 Å². The number of nitrogens with one attached hydrogen (secondary N) is 1. The van der Waals surface area contributed by atoms with E-state index in [1.165, 1.54) is 6.07 Å². The number of thioether (sulfide) groups is 1. The summed E-state index contributed by atoms with van der Waals surface area (Å²) in [6.07, 6.45) is 1.52. The van der Waals surface area contributed by atoms with Gasteiger partial charge >= 0.3 is 6.18 Å². The molecule has 2 rings (SSSR count). The van der Waals surface area contributed by atoms with Gasteiger partial charge in [-0.3, -0.25) is 19.9 Å². The highest BCUT2D eigenvalue weighted by Gasteiger charge is 2.35. The van der Waals surface area contributed by atoms with Crippen molar-refractivity contribution in [1.82, 2.24) is 5.48 Å². The first-order valence-electron chi connectivity index (χ1n) is 9.27. The molecule has 162 valence electrons. The molecule has 1 aromatic carbocycles. The van der Waals surface area contributed by atoms with Gasteiger partial charge in [-0.25, -0.2) is 4.39 Å². The van der Waals surface area contributed by atoms with Gasteiger partial charge in [0.15, 0.2) is 11.6 Å². The third-order valence-electron chi connectivity index (χ3n) is 4.55. The molecule has 30 heavy (non-hydrogen) atoms. The summed E-state index contributed by atoms with van der Waals surface area (Å²) in [4.78, 5) is 30.3. The van der Waals surface area contributed by atoms with E-state index in [0.717, 1.165) is 23.9 Å². The van der Waals surface area contributed by atoms with Crippen molar-refractivity contribution < 1.29 is 32.0 Å². The van der Waals surface area contributed by atoms with Crippen LogP contribution in [0.15, 0.2) is 34.4 Å². The van der Waals surface area contributed by atoms with Crippen molar-refractivity contribution in [2.75, 3.05) is 12.4 Å². The summed E-state index contributed by atoms with van der Waals surface area (Å²) in [7, 11) is 0. The van der Waals surface area contributed by atoms with E-state index in [1.807, 2.05) is 0 Å². The smallest absolute Gasteiger partial charge is 0.294 e. The maximum Gasteiger partial charge on any atom is 0.419 e. The normalized spacial score (nSPS) is 17.1. The van der Waals surface area contributed by atoms with Crippen LogP contribution in [0, 0.1) is 24.1 Å². The second kappa shape index (κ2) is 10.6. The quantitative estimate of drug-likeness (QED) is 0.120. The van der Waals surface area contributed by atoms with Crippen LogP contribution in [0.3, 0.4) is 0 Å². The fourth-order valence-electron chi connectivity index (χ4n) is 3.12. The molecule has 1 N–H and O–H groups in total. The second-order valence-electron chi connectivity index (χ2n) is 6.70. The van der Waals surface area contributed by atoms with E-state index in [2.05, 4.69) is 11.4 Å². The minimum atomic E-state index is -4.76. The Hall–Kier alpha value is -2.31. The van der Waals surface area contributed by atoms with E-state index in [4.69, 9.17) is 11.3 Å². The van der Waals surface area contributed by atoms with Gasteiger partial charge in [-0.2, -0.15) is 13.2 Å². The third kappa shape index (κ3) is 6.34. The summed E-state index contributed by atoms with van der Waals surface area (Å²) >= 11 is 1.13. The summed E-state index contributed by atoms with van der Waals surface area (Å²) in [5.74, 6) is 0.559. The molecule has 0 aliphatic heterocycles. The third-order valence-corrected chi connectivity index (χ3v) is 5.58. The summed E-state index contributed by atoms with van der Waals surface area (Å²) in [6, 6.07) is 2.84. The van der Waals surface area contributed by atoms with E-state index < -0.39 is 17.6 Å². The number of hydrogen-bond donors (Lipinski definition) is 1. The lowest BCUT2D eigenvalue weighted by Crippen LogP contribution is -2.30. The second-order valence-corrected chi connectivity index (χ2v) is 7.87. The number of hydrogen-bond acceptors (Lipinski definition) is 5. The van der Waals surface area contributed by atoms with E-state index in [1.54, 1.807) is 6.92 Å². The van der Waals surface area contributed by atoms with Crippen molar-refractivity contribution in [3.8, 4) is 12.3 Å². The Bertz CT molecular complexity index is 854. The zero-order valence-electron chi connectivity index (χ0n) is 16.3. The molecule has 4 nitrogen and oxygen atoms in total. The van der Waals surface area contributed by atoms with Crippen LogP contribution in [0.4, 0.5) is 17.6 Å². The first-order valence-corrected chi connectivity index (χ1v) is 10.3. The zero-order valence-corrected chi connectivity index (χ0v) is 17.1. The molecule has 0 spiro atoms. The van der Waals surface area contributed by atoms with E-state index in [0.29, 0.717) is 24.3 Å². The Morgan fingerprint density at radius 3 is 2.53 bits per heavy atom. The molecule has 1 fully saturated rings. The van der Waals surface area contributed by atoms with Crippen molar-refractivity contribution in [3.63, 3.8) is 0 Å². The maximum atomic E-state index is 13.4. The number of halogens is 4. The molecule has 9 heteroatoms. The van der Waals surface area contributed by atoms with Crippen molar-refractivity contribution in [2.24, 2.45) is 5.92 Å². The number of carbonyl (C=O) groups excluding carboxylic acids is 2. The monoisotopic (exact) mass is 443 g/mol. The highest BCUT2D eigenvalue weighted by atomic mass is 32.2. The van der Waals surface area contributed by atoms with E-state index >= 15 is 0 Å². The Morgan fingerprint density at radius 1 is 1.30 bits per heavy atom. The molecule has 0 bridgehead atoms. The SMILES string of the molecule is C#CCONC(CC)=C1C(=O)CC(CCSc2ccc(F)c(C(F)(F)F)c2)CC1=O. The zero-order chi connectivity index (χ0) is 22.3. The summed E-state index contributed by atoms with van der Waals surface area (Å²) in [6.45, 7) is 1.76. The molecule has 0 heterocycles. The first-order chi connectivity index (χ1) is 14.2. The van der Waals surface area contributed by atoms with E-state index in [-0.39, 0.29) is 47.4 Å². The largest absolute Gasteiger partial charge is 0.419 e. The summed E-state index contributed by atoms with van der Waals surface area (Å²) in [5, 5.41) is 0. The number of Topliss-reactive ketones (excluding diaryl/α,β-unsaturated/α-hetero) is 2. The summed E-state index contributed by atoms with van der Waals surface area (Å²) in [5.41, 5.74) is 1.74. The number of benzene rings is 1. The van der Waals surface area contributed by atoms with Crippen molar-refractivity contribution in [2.45, 2.75) is 43.7 Å². The van der Waals surface area contributed by atoms with Crippen LogP contribution in [0.2, 0.25) is 0 Å². The maximum absolute atomic E-state index is 13.4. The molecule has 1 aliphatic rings. The van der Waals surface area contributed by atoms with Gasteiger partial charge in [0.05, 0.1) is 16.8 Å². The van der Waals surface area contributed by atoms with Gasteiger partial charge in [-0.15, -0.1) is 18.2 Å². The standard InChI is InChI=1S/C21H21F4NO3S/c1-3-8-29-26-17(4-2)20-18(27)10-13(11-19(20)28)7-9-30-14-5-6-16(22)15(12-14)21(23,24)25/h1,5-6,12-13,26H,4,7-11H2,2H3. The Kier molecular flexibility index (Phi) is 8.50. The first kappa shape index (κ1) is 24.0. The number of ketones is 2. The van der Waals surface area contributed by atoms with Gasteiger partial charge in [-0.05, 0) is 42.7 Å². The Labute approximate surface area is 176 Å². The summed E-state index contributed by atoms with van der Waals surface area (Å²) < 4.78 is 51.8. The molecule has 0 saturated heterocycles. The van der Waals surface area contributed by atoms with Crippen LogP contribution in [-0.4, -0.2) is 23.9 Å². The fourth-order valence-corrected chi connectivity index (χ4v) is 4.17. The predicted molar refractivity (Wildman–Crippen MR) is 105 cm³/mol. The molecular weight excluding hydrogens is 422 g/mol.